The summed E-state index contributed by atoms with van der Waals surface area (Å²) < 4.78 is 10.6. The van der Waals surface area contributed by atoms with E-state index in [1.807, 2.05) is 6.92 Å². The van der Waals surface area contributed by atoms with Gasteiger partial charge in [-0.25, -0.2) is 0 Å². The van der Waals surface area contributed by atoms with Crippen molar-refractivity contribution in [1.29, 1.82) is 0 Å². The van der Waals surface area contributed by atoms with Crippen molar-refractivity contribution in [2.75, 3.05) is 13.4 Å². The number of terminal acetylenes is 1. The molecule has 0 radical (unpaired) electrons. The average molecular weight is 196 g/mol. The molecule has 2 nitrogen and oxygen atoms in total. The molecule has 0 aromatic heterocycles. The minimum absolute atomic E-state index is 0.0647. The van der Waals surface area contributed by atoms with Crippen molar-refractivity contribution in [3.63, 3.8) is 0 Å². The highest BCUT2D eigenvalue weighted by molar-refractivity contribution is 4.99. The van der Waals surface area contributed by atoms with Crippen LogP contribution in [0.2, 0.25) is 0 Å². The van der Waals surface area contributed by atoms with Crippen molar-refractivity contribution in [2.45, 2.75) is 33.3 Å². The van der Waals surface area contributed by atoms with Crippen LogP contribution in [0.15, 0.2) is 12.7 Å². The summed E-state index contributed by atoms with van der Waals surface area (Å²) in [4.78, 5) is 0. The van der Waals surface area contributed by atoms with Crippen molar-refractivity contribution >= 4 is 0 Å². The molecule has 0 saturated heterocycles. The topological polar surface area (TPSA) is 18.5 Å². The van der Waals surface area contributed by atoms with Crippen LogP contribution in [0, 0.1) is 17.8 Å². The third-order valence-electron chi connectivity index (χ3n) is 2.08. The van der Waals surface area contributed by atoms with E-state index in [1.165, 1.54) is 0 Å². The van der Waals surface area contributed by atoms with Gasteiger partial charge in [0.05, 0.1) is 6.10 Å². The van der Waals surface area contributed by atoms with Gasteiger partial charge < -0.3 is 9.47 Å². The first kappa shape index (κ1) is 13.2. The number of hydrogen-bond donors (Lipinski definition) is 0. The largest absolute Gasteiger partial charge is 0.356 e. The second-order valence-corrected chi connectivity index (χ2v) is 3.80. The Morgan fingerprint density at radius 3 is 2.64 bits per heavy atom. The predicted molar refractivity (Wildman–Crippen MR) is 58.8 cm³/mol. The molecule has 0 aliphatic rings. The second kappa shape index (κ2) is 6.64. The third-order valence-corrected chi connectivity index (χ3v) is 2.08. The summed E-state index contributed by atoms with van der Waals surface area (Å²) in [5.74, 6) is 2.64. The molecule has 80 valence electrons. The highest BCUT2D eigenvalue weighted by atomic mass is 16.7. The molecular weight excluding hydrogens is 176 g/mol. The molecule has 1 unspecified atom stereocenters. The molecule has 1 atom stereocenters. The van der Waals surface area contributed by atoms with Gasteiger partial charge in [0, 0.05) is 18.4 Å². The molecule has 2 heteroatoms. The maximum atomic E-state index is 5.51. The van der Waals surface area contributed by atoms with Crippen LogP contribution >= 0.6 is 0 Å². The molecular formula is C12H20O2. The summed E-state index contributed by atoms with van der Waals surface area (Å²) in [6.07, 6.45) is 7.66. The summed E-state index contributed by atoms with van der Waals surface area (Å²) in [5.41, 5.74) is -0.0897. The summed E-state index contributed by atoms with van der Waals surface area (Å²) in [5, 5.41) is 0. The van der Waals surface area contributed by atoms with E-state index in [9.17, 15) is 0 Å². The monoisotopic (exact) mass is 196 g/mol. The van der Waals surface area contributed by atoms with Gasteiger partial charge in [0.2, 0.25) is 0 Å². The van der Waals surface area contributed by atoms with Gasteiger partial charge in [0.1, 0.15) is 6.79 Å². The Morgan fingerprint density at radius 2 is 2.21 bits per heavy atom. The van der Waals surface area contributed by atoms with Crippen molar-refractivity contribution in [1.82, 2.24) is 0 Å². The maximum absolute atomic E-state index is 5.51. The van der Waals surface area contributed by atoms with E-state index in [0.29, 0.717) is 19.8 Å². The number of rotatable bonds is 7. The highest BCUT2D eigenvalue weighted by Gasteiger charge is 2.27. The van der Waals surface area contributed by atoms with Crippen molar-refractivity contribution in [3.8, 4) is 12.3 Å². The average Bonchev–Trinajstić information content (AvgIpc) is 2.12. The van der Waals surface area contributed by atoms with Gasteiger partial charge in [0.25, 0.3) is 0 Å². The molecule has 0 heterocycles. The molecule has 0 aromatic carbocycles. The summed E-state index contributed by atoms with van der Waals surface area (Å²) in [7, 11) is 0. The van der Waals surface area contributed by atoms with E-state index in [1.54, 1.807) is 6.08 Å². The smallest absolute Gasteiger partial charge is 0.147 e. The van der Waals surface area contributed by atoms with Gasteiger partial charge in [-0.05, 0) is 6.92 Å². The molecule has 0 amide bonds. The fourth-order valence-corrected chi connectivity index (χ4v) is 1.18. The summed E-state index contributed by atoms with van der Waals surface area (Å²) in [6.45, 7) is 10.7. The fourth-order valence-electron chi connectivity index (χ4n) is 1.18. The first-order valence-corrected chi connectivity index (χ1v) is 4.83. The summed E-state index contributed by atoms with van der Waals surface area (Å²) in [6, 6.07) is 0. The Kier molecular flexibility index (Phi) is 6.27. The van der Waals surface area contributed by atoms with Crippen LogP contribution in [0.25, 0.3) is 0 Å². The quantitative estimate of drug-likeness (QED) is 0.270. The molecule has 14 heavy (non-hydrogen) atoms. The van der Waals surface area contributed by atoms with Crippen LogP contribution < -0.4 is 0 Å². The Labute approximate surface area is 87.3 Å². The molecule has 0 aliphatic heterocycles. The zero-order valence-corrected chi connectivity index (χ0v) is 9.38. The minimum Gasteiger partial charge on any atom is -0.356 e. The maximum Gasteiger partial charge on any atom is 0.147 e. The van der Waals surface area contributed by atoms with Gasteiger partial charge >= 0.3 is 0 Å². The number of ether oxygens (including phenoxy) is 2. The van der Waals surface area contributed by atoms with E-state index >= 15 is 0 Å². The molecule has 0 bridgehead atoms. The van der Waals surface area contributed by atoms with Crippen molar-refractivity contribution in [3.05, 3.63) is 12.7 Å². The SMILES string of the molecule is C#CCC(C)(C)C(C=C)OCOCC. The zero-order chi connectivity index (χ0) is 11.0. The van der Waals surface area contributed by atoms with Crippen LogP contribution in [0.5, 0.6) is 0 Å². The number of hydrogen-bond acceptors (Lipinski definition) is 2. The van der Waals surface area contributed by atoms with Crippen molar-refractivity contribution < 1.29 is 9.47 Å². The Hall–Kier alpha value is -0.780. The van der Waals surface area contributed by atoms with Crippen LogP contribution in [0.3, 0.4) is 0 Å². The van der Waals surface area contributed by atoms with Gasteiger partial charge in [-0.2, -0.15) is 0 Å². The highest BCUT2D eigenvalue weighted by Crippen LogP contribution is 2.27. The van der Waals surface area contributed by atoms with Gasteiger partial charge in [0.15, 0.2) is 0 Å². The second-order valence-electron chi connectivity index (χ2n) is 3.80. The third kappa shape index (κ3) is 4.45. The first-order valence-electron chi connectivity index (χ1n) is 4.83. The lowest BCUT2D eigenvalue weighted by atomic mass is 9.83. The minimum atomic E-state index is -0.0897. The van der Waals surface area contributed by atoms with Crippen molar-refractivity contribution in [2.24, 2.45) is 5.41 Å². The van der Waals surface area contributed by atoms with E-state index in [-0.39, 0.29) is 11.5 Å². The fraction of sp³-hybridized carbons (Fsp3) is 0.667. The lowest BCUT2D eigenvalue weighted by Gasteiger charge is -2.30. The lowest BCUT2D eigenvalue weighted by molar-refractivity contribution is -0.102. The van der Waals surface area contributed by atoms with Crippen LogP contribution in [-0.2, 0) is 9.47 Å². The normalized spacial score (nSPS) is 13.3. The van der Waals surface area contributed by atoms with E-state index in [4.69, 9.17) is 15.9 Å². The molecule has 0 aliphatic carbocycles. The Morgan fingerprint density at radius 1 is 1.57 bits per heavy atom. The molecule has 0 aromatic rings. The molecule has 0 spiro atoms. The molecule has 0 rings (SSSR count). The van der Waals surface area contributed by atoms with Gasteiger partial charge in [-0.15, -0.1) is 18.9 Å². The van der Waals surface area contributed by atoms with Crippen LogP contribution in [0.1, 0.15) is 27.2 Å². The van der Waals surface area contributed by atoms with Crippen LogP contribution in [-0.4, -0.2) is 19.5 Å². The Balaban J connectivity index is 4.11. The van der Waals surface area contributed by atoms with Gasteiger partial charge in [-0.1, -0.05) is 19.9 Å². The summed E-state index contributed by atoms with van der Waals surface area (Å²) >= 11 is 0. The molecule has 0 saturated carbocycles. The van der Waals surface area contributed by atoms with Gasteiger partial charge in [-0.3, -0.25) is 0 Å². The molecule has 0 N–H and O–H groups in total. The van der Waals surface area contributed by atoms with Crippen LogP contribution in [0.4, 0.5) is 0 Å². The molecule has 0 fully saturated rings. The zero-order valence-electron chi connectivity index (χ0n) is 9.38. The first-order chi connectivity index (χ1) is 6.58. The lowest BCUT2D eigenvalue weighted by Crippen LogP contribution is -2.30. The van der Waals surface area contributed by atoms with E-state index < -0.39 is 0 Å². The van der Waals surface area contributed by atoms with E-state index in [0.717, 1.165) is 0 Å². The Bertz CT molecular complexity index is 201. The predicted octanol–water partition coefficient (Wildman–Crippen LogP) is 2.60. The van der Waals surface area contributed by atoms with E-state index in [2.05, 4.69) is 26.3 Å². The standard InChI is InChI=1S/C12H20O2/c1-6-9-12(4,5)11(7-2)14-10-13-8-3/h1,7,11H,2,8-10H2,3-5H3.